The third-order valence-electron chi connectivity index (χ3n) is 16.1. The van der Waals surface area contributed by atoms with Crippen molar-refractivity contribution in [2.24, 2.45) is 53.3 Å². The Kier molecular flexibility index (Phi) is 19.6. The van der Waals surface area contributed by atoms with Gasteiger partial charge in [-0.1, -0.05) is 136 Å². The molecule has 6 rings (SSSR count). The molecule has 1 aliphatic heterocycles. The molecule has 5 aliphatic rings. The van der Waals surface area contributed by atoms with Crippen molar-refractivity contribution in [3.05, 3.63) is 35.4 Å². The zero-order valence-electron chi connectivity index (χ0n) is 38.2. The molecule has 0 aromatic heterocycles. The van der Waals surface area contributed by atoms with Crippen molar-refractivity contribution in [1.82, 2.24) is 0 Å². The van der Waals surface area contributed by atoms with Crippen LogP contribution in [0.15, 0.2) is 24.3 Å². The molecule has 4 aliphatic carbocycles. The molecule has 338 valence electrons. The van der Waals surface area contributed by atoms with Crippen LogP contribution in [0, 0.1) is 53.3 Å². The second-order valence-corrected chi connectivity index (χ2v) is 20.2. The maximum atomic E-state index is 13.1. The zero-order chi connectivity index (χ0) is 42.1. The lowest BCUT2D eigenvalue weighted by Crippen LogP contribution is -2.35. The van der Waals surface area contributed by atoms with Gasteiger partial charge in [0.2, 0.25) is 0 Å². The molecule has 11 atom stereocenters. The Morgan fingerprint density at radius 2 is 1.20 bits per heavy atom. The summed E-state index contributed by atoms with van der Waals surface area (Å²) in [6.45, 7) is 8.52. The van der Waals surface area contributed by atoms with Crippen molar-refractivity contribution < 1.29 is 33.3 Å². The summed E-state index contributed by atoms with van der Waals surface area (Å²) in [5, 5.41) is 0. The number of benzene rings is 1. The topological polar surface area (TPSA) is 91.4 Å². The predicted molar refractivity (Wildman–Crippen MR) is 240 cm³/mol. The van der Waals surface area contributed by atoms with Gasteiger partial charge in [-0.15, -0.1) is 0 Å². The summed E-state index contributed by atoms with van der Waals surface area (Å²) in [4.78, 5) is 38.4. The summed E-state index contributed by atoms with van der Waals surface area (Å²) < 4.78 is 22.3. The van der Waals surface area contributed by atoms with Gasteiger partial charge < -0.3 is 18.9 Å². The fourth-order valence-electron chi connectivity index (χ4n) is 12.8. The minimum Gasteiger partial charge on any atom is -0.465 e. The van der Waals surface area contributed by atoms with Gasteiger partial charge in [-0.05, 0) is 129 Å². The van der Waals surface area contributed by atoms with E-state index in [1.807, 2.05) is 0 Å². The van der Waals surface area contributed by atoms with Crippen LogP contribution < -0.4 is 0 Å². The Hall–Kier alpha value is -2.41. The number of epoxide rings is 1. The quantitative estimate of drug-likeness (QED) is 0.0343. The van der Waals surface area contributed by atoms with Gasteiger partial charge in [0.25, 0.3) is 0 Å². The summed E-state index contributed by atoms with van der Waals surface area (Å²) in [5.41, 5.74) is 0.729. The summed E-state index contributed by atoms with van der Waals surface area (Å²) in [6, 6.07) is 6.62. The molecular weight excluding hydrogens is 749 g/mol. The monoisotopic (exact) mass is 833 g/mol. The van der Waals surface area contributed by atoms with Crippen LogP contribution in [-0.2, 0) is 23.7 Å². The van der Waals surface area contributed by atoms with Crippen LogP contribution in [0.1, 0.15) is 215 Å². The van der Waals surface area contributed by atoms with E-state index in [1.54, 1.807) is 24.3 Å². The average molecular weight is 833 g/mol. The van der Waals surface area contributed by atoms with E-state index in [0.717, 1.165) is 55.8 Å². The standard InChI is InChI=1S/C53H84O7/c1-4-7-9-11-14-17-22-39-29-28-38(6-3)46(47(39)26-18-10-8-5-2)25-19-15-12-13-16-20-27-51(54)58-35-43-31-42-32-48(43)50-34-44(33-49(42)50)60-53(56)41-24-21-23-40(30-41)52(55)59-37-45-36-57-45/h21,23-24,30,38-39,42-50H,4-20,22,25-29,31-37H2,1-3H3/t38?,39?,42?,43?,44?,45?,46?,47?,48?,49-,50+/m0/s1. The SMILES string of the molecule is CCCCCCCCC1CCC(CC)C(CCCCCCCCC(=O)OCC2CC3CC2[C@H]2CC(OC(=O)c4cccc(C(=O)OCC5CO5)c4)C[C@@H]32)C1CCCCCC. The Morgan fingerprint density at radius 1 is 0.600 bits per heavy atom. The molecule has 1 aromatic rings. The van der Waals surface area contributed by atoms with E-state index in [-0.39, 0.29) is 30.8 Å². The minimum atomic E-state index is -0.452. The molecule has 5 fully saturated rings. The lowest BCUT2D eigenvalue weighted by Gasteiger charge is -2.44. The molecule has 0 spiro atoms. The van der Waals surface area contributed by atoms with Crippen LogP contribution in [0.3, 0.4) is 0 Å². The first-order valence-corrected chi connectivity index (χ1v) is 25.6. The molecule has 0 amide bonds. The number of unbranched alkanes of at least 4 members (excludes halogenated alkanes) is 13. The predicted octanol–water partition coefficient (Wildman–Crippen LogP) is 13.5. The van der Waals surface area contributed by atoms with Gasteiger partial charge in [-0.2, -0.15) is 0 Å². The van der Waals surface area contributed by atoms with Gasteiger partial charge >= 0.3 is 17.9 Å². The second-order valence-electron chi connectivity index (χ2n) is 20.2. The van der Waals surface area contributed by atoms with Gasteiger partial charge in [0, 0.05) is 6.42 Å². The highest BCUT2D eigenvalue weighted by Gasteiger charge is 2.56. The van der Waals surface area contributed by atoms with Crippen molar-refractivity contribution in [2.75, 3.05) is 19.8 Å². The van der Waals surface area contributed by atoms with Crippen LogP contribution in [0.25, 0.3) is 0 Å². The largest absolute Gasteiger partial charge is 0.465 e. The van der Waals surface area contributed by atoms with Crippen LogP contribution in [0.2, 0.25) is 0 Å². The first kappa shape index (κ1) is 47.1. The van der Waals surface area contributed by atoms with Crippen LogP contribution in [0.5, 0.6) is 0 Å². The molecule has 60 heavy (non-hydrogen) atoms. The highest BCUT2D eigenvalue weighted by atomic mass is 16.6. The van der Waals surface area contributed by atoms with Crippen molar-refractivity contribution in [3.63, 3.8) is 0 Å². The van der Waals surface area contributed by atoms with Crippen molar-refractivity contribution in [3.8, 4) is 0 Å². The van der Waals surface area contributed by atoms with E-state index >= 15 is 0 Å². The molecular formula is C53H84O7. The maximum absolute atomic E-state index is 13.1. The summed E-state index contributed by atoms with van der Waals surface area (Å²) in [5.74, 6) is 5.70. The number of fused-ring (bicyclic) bond motifs is 5. The van der Waals surface area contributed by atoms with Crippen molar-refractivity contribution >= 4 is 17.9 Å². The molecule has 4 saturated carbocycles. The Bertz CT molecular complexity index is 1440. The van der Waals surface area contributed by atoms with E-state index in [9.17, 15) is 14.4 Å². The molecule has 1 saturated heterocycles. The average Bonchev–Trinajstić information content (AvgIpc) is 3.71. The number of rotatable bonds is 29. The third-order valence-corrected chi connectivity index (χ3v) is 16.1. The maximum Gasteiger partial charge on any atom is 0.338 e. The lowest BCUT2D eigenvalue weighted by molar-refractivity contribution is -0.146. The molecule has 2 bridgehead atoms. The lowest BCUT2D eigenvalue weighted by atomic mass is 9.61. The van der Waals surface area contributed by atoms with Crippen LogP contribution in [-0.4, -0.2) is 49.9 Å². The first-order valence-electron chi connectivity index (χ1n) is 25.6. The number of carbonyl (C=O) groups excluding carboxylic acids is 3. The van der Waals surface area contributed by atoms with Gasteiger partial charge in [0.1, 0.15) is 18.8 Å². The highest BCUT2D eigenvalue weighted by Crippen LogP contribution is 2.61. The minimum absolute atomic E-state index is 0.00294. The Labute approximate surface area is 364 Å². The number of hydrogen-bond donors (Lipinski definition) is 0. The molecule has 1 heterocycles. The molecule has 0 radical (unpaired) electrons. The fraction of sp³-hybridized carbons (Fsp3) is 0.830. The molecule has 7 nitrogen and oxygen atoms in total. The smallest absolute Gasteiger partial charge is 0.338 e. The fourth-order valence-corrected chi connectivity index (χ4v) is 12.8. The molecule has 7 heteroatoms. The van der Waals surface area contributed by atoms with E-state index in [2.05, 4.69) is 20.8 Å². The van der Waals surface area contributed by atoms with Gasteiger partial charge in [0.15, 0.2) is 0 Å². The summed E-state index contributed by atoms with van der Waals surface area (Å²) in [7, 11) is 0. The van der Waals surface area contributed by atoms with Crippen LogP contribution >= 0.6 is 0 Å². The summed E-state index contributed by atoms with van der Waals surface area (Å²) in [6.07, 6.45) is 34.7. The van der Waals surface area contributed by atoms with E-state index in [0.29, 0.717) is 60.4 Å². The number of hydrogen-bond acceptors (Lipinski definition) is 7. The van der Waals surface area contributed by atoms with E-state index < -0.39 is 5.97 Å². The second kappa shape index (κ2) is 25.0. The molecule has 1 aromatic carbocycles. The molecule has 9 unspecified atom stereocenters. The third kappa shape index (κ3) is 14.0. The Balaban J connectivity index is 0.833. The Morgan fingerprint density at radius 3 is 1.90 bits per heavy atom. The number of ether oxygens (including phenoxy) is 4. The van der Waals surface area contributed by atoms with E-state index in [4.69, 9.17) is 18.9 Å². The molecule has 0 N–H and O–H groups in total. The van der Waals surface area contributed by atoms with Gasteiger partial charge in [0.05, 0.1) is 24.3 Å². The number of carbonyl (C=O) groups is 3. The first-order chi connectivity index (χ1) is 29.4. The normalized spacial score (nSPS) is 30.3. The van der Waals surface area contributed by atoms with Crippen molar-refractivity contribution in [2.45, 2.75) is 206 Å². The highest BCUT2D eigenvalue weighted by molar-refractivity contribution is 5.95. The number of esters is 3. The van der Waals surface area contributed by atoms with Crippen LogP contribution in [0.4, 0.5) is 0 Å². The zero-order valence-corrected chi connectivity index (χ0v) is 38.2. The van der Waals surface area contributed by atoms with E-state index in [1.165, 1.54) is 135 Å². The van der Waals surface area contributed by atoms with Gasteiger partial charge in [-0.25, -0.2) is 9.59 Å². The summed E-state index contributed by atoms with van der Waals surface area (Å²) >= 11 is 0. The van der Waals surface area contributed by atoms with Crippen molar-refractivity contribution in [1.29, 1.82) is 0 Å². The van der Waals surface area contributed by atoms with Gasteiger partial charge in [-0.3, -0.25) is 4.79 Å².